The maximum Gasteiger partial charge on any atom is 0.451 e. The number of aromatic nitrogens is 3. The number of rotatable bonds is 2. The summed E-state index contributed by atoms with van der Waals surface area (Å²) in [6, 6.07) is -0.441. The minimum Gasteiger partial charge on any atom is -0.388 e. The van der Waals surface area contributed by atoms with E-state index in [1.54, 1.807) is 13.8 Å². The van der Waals surface area contributed by atoms with Gasteiger partial charge in [0.05, 0.1) is 0 Å². The molecular formula is C7H10F3N3O. The third kappa shape index (κ3) is 1.87. The second-order valence-electron chi connectivity index (χ2n) is 3.06. The summed E-state index contributed by atoms with van der Waals surface area (Å²) in [7, 11) is 0. The molecule has 1 heterocycles. The minimum absolute atomic E-state index is 0.0766. The van der Waals surface area contributed by atoms with Crippen molar-refractivity contribution in [3.63, 3.8) is 0 Å². The molecule has 0 radical (unpaired) electrons. The first-order valence-electron chi connectivity index (χ1n) is 3.99. The Morgan fingerprint density at radius 3 is 2.29 bits per heavy atom. The predicted molar refractivity (Wildman–Crippen MR) is 41.3 cm³/mol. The molecule has 80 valence electrons. The standard InChI is InChI=1S/C7H10F3N3O/c1-4(2)13-5(3-14)11-12-6(13)7(8,9)10/h4,14H,3H2,1-2H3. The summed E-state index contributed by atoms with van der Waals surface area (Å²) in [5.41, 5.74) is 0. The molecule has 0 aromatic carbocycles. The summed E-state index contributed by atoms with van der Waals surface area (Å²) in [4.78, 5) is 0. The van der Waals surface area contributed by atoms with E-state index in [4.69, 9.17) is 5.11 Å². The fourth-order valence-corrected chi connectivity index (χ4v) is 1.17. The first-order valence-corrected chi connectivity index (χ1v) is 3.99. The Kier molecular flexibility index (Phi) is 2.79. The number of hydrogen-bond acceptors (Lipinski definition) is 3. The van der Waals surface area contributed by atoms with Gasteiger partial charge in [-0.25, -0.2) is 0 Å². The monoisotopic (exact) mass is 209 g/mol. The van der Waals surface area contributed by atoms with Crippen molar-refractivity contribution < 1.29 is 18.3 Å². The fraction of sp³-hybridized carbons (Fsp3) is 0.714. The molecule has 4 nitrogen and oxygen atoms in total. The molecule has 14 heavy (non-hydrogen) atoms. The SMILES string of the molecule is CC(C)n1c(CO)nnc1C(F)(F)F. The molecule has 0 atom stereocenters. The molecule has 0 fully saturated rings. The summed E-state index contributed by atoms with van der Waals surface area (Å²) < 4.78 is 37.9. The lowest BCUT2D eigenvalue weighted by molar-refractivity contribution is -0.148. The Balaban J connectivity index is 3.25. The Labute approximate surface area is 78.4 Å². The molecule has 0 saturated heterocycles. The largest absolute Gasteiger partial charge is 0.451 e. The molecular weight excluding hydrogens is 199 g/mol. The van der Waals surface area contributed by atoms with Gasteiger partial charge in [0.2, 0.25) is 5.82 Å². The van der Waals surface area contributed by atoms with Crippen LogP contribution in [0.1, 0.15) is 31.5 Å². The van der Waals surface area contributed by atoms with E-state index >= 15 is 0 Å². The molecule has 0 aliphatic heterocycles. The zero-order chi connectivity index (χ0) is 10.9. The Morgan fingerprint density at radius 1 is 1.36 bits per heavy atom. The highest BCUT2D eigenvalue weighted by molar-refractivity contribution is 5.00. The van der Waals surface area contributed by atoms with Crippen LogP contribution in [-0.2, 0) is 12.8 Å². The summed E-state index contributed by atoms with van der Waals surface area (Å²) >= 11 is 0. The minimum atomic E-state index is -4.54. The Bertz CT molecular complexity index is 318. The van der Waals surface area contributed by atoms with Gasteiger partial charge in [-0.15, -0.1) is 10.2 Å². The molecule has 0 amide bonds. The quantitative estimate of drug-likeness (QED) is 0.800. The molecule has 0 unspecified atom stereocenters. The lowest BCUT2D eigenvalue weighted by Crippen LogP contribution is -2.18. The van der Waals surface area contributed by atoms with Crippen LogP contribution in [0.5, 0.6) is 0 Å². The second kappa shape index (κ2) is 3.56. The Morgan fingerprint density at radius 2 is 1.93 bits per heavy atom. The van der Waals surface area contributed by atoms with Crippen LogP contribution in [0.15, 0.2) is 0 Å². The first kappa shape index (κ1) is 11.0. The lowest BCUT2D eigenvalue weighted by Gasteiger charge is -2.14. The van der Waals surface area contributed by atoms with Gasteiger partial charge in [0.25, 0.3) is 0 Å². The van der Waals surface area contributed by atoms with Gasteiger partial charge in [0, 0.05) is 6.04 Å². The van der Waals surface area contributed by atoms with Crippen molar-refractivity contribution in [1.29, 1.82) is 0 Å². The van der Waals surface area contributed by atoms with Gasteiger partial charge >= 0.3 is 6.18 Å². The molecule has 1 N–H and O–H groups in total. The average molecular weight is 209 g/mol. The molecule has 1 aromatic heterocycles. The van der Waals surface area contributed by atoms with Crippen LogP contribution in [0.25, 0.3) is 0 Å². The van der Waals surface area contributed by atoms with Crippen LogP contribution in [0, 0.1) is 0 Å². The second-order valence-corrected chi connectivity index (χ2v) is 3.06. The summed E-state index contributed by atoms with van der Waals surface area (Å²) in [5, 5.41) is 15.0. The van der Waals surface area contributed by atoms with E-state index in [9.17, 15) is 13.2 Å². The van der Waals surface area contributed by atoms with Crippen LogP contribution in [0.4, 0.5) is 13.2 Å². The summed E-state index contributed by atoms with van der Waals surface area (Å²) in [5.74, 6) is -1.15. The third-order valence-electron chi connectivity index (χ3n) is 1.68. The molecule has 0 spiro atoms. The van der Waals surface area contributed by atoms with E-state index in [2.05, 4.69) is 10.2 Å². The van der Waals surface area contributed by atoms with Crippen LogP contribution in [0.3, 0.4) is 0 Å². The van der Waals surface area contributed by atoms with Gasteiger partial charge in [0.15, 0.2) is 5.82 Å². The van der Waals surface area contributed by atoms with E-state index in [1.165, 1.54) is 0 Å². The maximum atomic E-state index is 12.4. The van der Waals surface area contributed by atoms with E-state index in [0.717, 1.165) is 4.57 Å². The van der Waals surface area contributed by atoms with Gasteiger partial charge in [-0.05, 0) is 13.8 Å². The highest BCUT2D eigenvalue weighted by Crippen LogP contribution is 2.29. The van der Waals surface area contributed by atoms with Crippen LogP contribution in [-0.4, -0.2) is 19.9 Å². The van der Waals surface area contributed by atoms with Gasteiger partial charge < -0.3 is 9.67 Å². The normalized spacial score (nSPS) is 12.5. The lowest BCUT2D eigenvalue weighted by atomic mass is 10.3. The third-order valence-corrected chi connectivity index (χ3v) is 1.68. The van der Waals surface area contributed by atoms with Crippen LogP contribution >= 0.6 is 0 Å². The zero-order valence-corrected chi connectivity index (χ0v) is 7.71. The highest BCUT2D eigenvalue weighted by atomic mass is 19.4. The topological polar surface area (TPSA) is 50.9 Å². The molecule has 0 aliphatic rings. The van der Waals surface area contributed by atoms with Gasteiger partial charge in [-0.2, -0.15) is 13.2 Å². The zero-order valence-electron chi connectivity index (χ0n) is 7.71. The van der Waals surface area contributed by atoms with Crippen LogP contribution in [0.2, 0.25) is 0 Å². The van der Waals surface area contributed by atoms with Gasteiger partial charge in [0.1, 0.15) is 6.61 Å². The maximum absolute atomic E-state index is 12.4. The first-order chi connectivity index (χ1) is 6.38. The van der Waals surface area contributed by atoms with Crippen molar-refractivity contribution in [3.05, 3.63) is 11.6 Å². The molecule has 0 aliphatic carbocycles. The van der Waals surface area contributed by atoms with Crippen LogP contribution < -0.4 is 0 Å². The number of hydrogen-bond donors (Lipinski definition) is 1. The van der Waals surface area contributed by atoms with Gasteiger partial charge in [-0.3, -0.25) is 0 Å². The average Bonchev–Trinajstić information content (AvgIpc) is 2.45. The number of alkyl halides is 3. The number of aliphatic hydroxyl groups is 1. The predicted octanol–water partition coefficient (Wildman–Crippen LogP) is 1.37. The molecule has 1 rings (SSSR count). The highest BCUT2D eigenvalue weighted by Gasteiger charge is 2.38. The van der Waals surface area contributed by atoms with E-state index < -0.39 is 24.6 Å². The van der Waals surface area contributed by atoms with Crippen molar-refractivity contribution in [1.82, 2.24) is 14.8 Å². The smallest absolute Gasteiger partial charge is 0.388 e. The van der Waals surface area contributed by atoms with Crippen molar-refractivity contribution in [2.75, 3.05) is 0 Å². The summed E-state index contributed by atoms with van der Waals surface area (Å²) in [6.07, 6.45) is -4.54. The molecule has 1 aromatic rings. The molecule has 0 bridgehead atoms. The van der Waals surface area contributed by atoms with Crippen molar-refractivity contribution >= 4 is 0 Å². The van der Waals surface area contributed by atoms with E-state index in [1.807, 2.05) is 0 Å². The summed E-state index contributed by atoms with van der Waals surface area (Å²) in [6.45, 7) is 2.58. The number of halogens is 3. The van der Waals surface area contributed by atoms with Crippen molar-refractivity contribution in [2.24, 2.45) is 0 Å². The molecule has 0 saturated carbocycles. The Hall–Kier alpha value is -1.11. The van der Waals surface area contributed by atoms with Gasteiger partial charge in [-0.1, -0.05) is 0 Å². The molecule has 7 heteroatoms. The van der Waals surface area contributed by atoms with Crippen molar-refractivity contribution in [3.8, 4) is 0 Å². The number of aliphatic hydroxyl groups excluding tert-OH is 1. The van der Waals surface area contributed by atoms with E-state index in [-0.39, 0.29) is 5.82 Å². The number of nitrogens with zero attached hydrogens (tertiary/aromatic N) is 3. The van der Waals surface area contributed by atoms with Crippen molar-refractivity contribution in [2.45, 2.75) is 32.7 Å². The van der Waals surface area contributed by atoms with E-state index in [0.29, 0.717) is 0 Å². The fourth-order valence-electron chi connectivity index (χ4n) is 1.17.